The van der Waals surface area contributed by atoms with Crippen LogP contribution in [0.5, 0.6) is 0 Å². The summed E-state index contributed by atoms with van der Waals surface area (Å²) in [5.74, 6) is 0.0538. The lowest BCUT2D eigenvalue weighted by Gasteiger charge is -2.42. The Balaban J connectivity index is 0.947. The van der Waals surface area contributed by atoms with Crippen LogP contribution in [0.4, 0.5) is 24.8 Å². The number of piperazine rings is 1. The van der Waals surface area contributed by atoms with Crippen LogP contribution >= 0.6 is 0 Å². The highest BCUT2D eigenvalue weighted by Gasteiger charge is 2.52. The number of piperidine rings is 1. The number of nitrogens with one attached hydrogen (secondary N) is 1. The molecule has 4 aliphatic rings. The number of rotatable bonds is 8. The van der Waals surface area contributed by atoms with Gasteiger partial charge in [0.25, 0.3) is 0 Å². The van der Waals surface area contributed by atoms with Crippen molar-refractivity contribution in [1.29, 1.82) is 0 Å². The van der Waals surface area contributed by atoms with E-state index in [9.17, 15) is 18.0 Å². The van der Waals surface area contributed by atoms with E-state index in [1.54, 1.807) is 6.07 Å². The highest BCUT2D eigenvalue weighted by Crippen LogP contribution is 2.37. The van der Waals surface area contributed by atoms with Gasteiger partial charge in [-0.05, 0) is 65.5 Å². The van der Waals surface area contributed by atoms with Crippen molar-refractivity contribution >= 4 is 17.6 Å². The summed E-state index contributed by atoms with van der Waals surface area (Å²) in [6, 6.07) is 3.07. The first-order chi connectivity index (χ1) is 23.1. The molecule has 13 nitrogen and oxygen atoms in total. The molecule has 0 saturated carbocycles. The number of carbonyl (C=O) groups excluding carboxylic acids is 1. The number of hydrogen-bond acceptors (Lipinski definition) is 13. The van der Waals surface area contributed by atoms with Crippen LogP contribution in [0.25, 0.3) is 0 Å². The average molecular weight is 693 g/mol. The number of carbonyl (C=O) groups is 1. The largest absolute Gasteiger partial charge is 0.455 e. The van der Waals surface area contributed by atoms with Crippen molar-refractivity contribution in [2.75, 3.05) is 69.2 Å². The molecule has 6 rings (SSSR count). The van der Waals surface area contributed by atoms with Crippen LogP contribution in [-0.2, 0) is 25.1 Å². The van der Waals surface area contributed by atoms with Crippen molar-refractivity contribution in [3.8, 4) is 0 Å². The standard InChI is InChI=1S/C33H47F3N8O5/c1-31(2,3)49-30(45)22-6-7-27(41-40-22)44-10-8-21(9-11-44)18-42-12-14-43(15-13-42)19-24-29-28(47-32(4,5)48-29)23(20-46-24)38-26-17-37-16-25(39-26)33(34,35)36/h6-7,16-17,21,23-24,28-29H,8-15,18-20H2,1-5H3,(H,38,39)/t23-,24+,28+,29-/m0/s1. The van der Waals surface area contributed by atoms with E-state index < -0.39 is 41.4 Å². The van der Waals surface area contributed by atoms with Gasteiger partial charge < -0.3 is 34.1 Å². The lowest BCUT2D eigenvalue weighted by atomic mass is 9.95. The Labute approximate surface area is 284 Å². The molecule has 4 atom stereocenters. The molecule has 0 aliphatic carbocycles. The summed E-state index contributed by atoms with van der Waals surface area (Å²) in [6.07, 6.45) is -1.56. The molecule has 1 N–H and O–H groups in total. The Morgan fingerprint density at radius 3 is 2.27 bits per heavy atom. The van der Waals surface area contributed by atoms with E-state index in [1.807, 2.05) is 40.7 Å². The van der Waals surface area contributed by atoms with Gasteiger partial charge >= 0.3 is 12.1 Å². The average Bonchev–Trinajstić information content (AvgIpc) is 3.38. The molecular formula is C33H47F3N8O5. The lowest BCUT2D eigenvalue weighted by Crippen LogP contribution is -2.58. The van der Waals surface area contributed by atoms with E-state index in [1.165, 1.54) is 6.20 Å². The van der Waals surface area contributed by atoms with Crippen molar-refractivity contribution in [2.24, 2.45) is 5.92 Å². The lowest BCUT2D eigenvalue weighted by molar-refractivity contribution is -0.156. The summed E-state index contributed by atoms with van der Waals surface area (Å²) in [5, 5.41) is 11.5. The molecule has 4 saturated heterocycles. The Morgan fingerprint density at radius 2 is 1.63 bits per heavy atom. The van der Waals surface area contributed by atoms with E-state index in [-0.39, 0.29) is 30.3 Å². The third-order valence-electron chi connectivity index (χ3n) is 9.29. The molecule has 0 radical (unpaired) electrons. The topological polar surface area (TPSA) is 127 Å². The van der Waals surface area contributed by atoms with E-state index in [2.05, 4.69) is 40.2 Å². The summed E-state index contributed by atoms with van der Waals surface area (Å²) in [5.41, 5.74) is -1.43. The fraction of sp³-hybridized carbons (Fsp3) is 0.727. The third-order valence-corrected chi connectivity index (χ3v) is 9.29. The smallest absolute Gasteiger partial charge is 0.434 e. The van der Waals surface area contributed by atoms with Gasteiger partial charge in [0.05, 0.1) is 31.1 Å². The maximum absolute atomic E-state index is 13.2. The fourth-order valence-electron chi connectivity index (χ4n) is 6.93. The van der Waals surface area contributed by atoms with Crippen molar-refractivity contribution in [3.05, 3.63) is 35.9 Å². The minimum Gasteiger partial charge on any atom is -0.455 e. The Hall–Kier alpha value is -3.18. The Morgan fingerprint density at radius 1 is 0.959 bits per heavy atom. The van der Waals surface area contributed by atoms with Crippen LogP contribution in [0.15, 0.2) is 24.5 Å². The van der Waals surface area contributed by atoms with Crippen LogP contribution < -0.4 is 10.2 Å². The normalized spacial score (nSPS) is 27.1. The zero-order valence-electron chi connectivity index (χ0n) is 28.8. The number of hydrogen-bond donors (Lipinski definition) is 1. The number of aromatic nitrogens is 4. The summed E-state index contributed by atoms with van der Waals surface area (Å²) in [6.45, 7) is 16.6. The summed E-state index contributed by atoms with van der Waals surface area (Å²) >= 11 is 0. The second-order valence-electron chi connectivity index (χ2n) is 14.8. The maximum atomic E-state index is 13.2. The predicted octanol–water partition coefficient (Wildman–Crippen LogP) is 3.47. The first kappa shape index (κ1) is 35.6. The predicted molar refractivity (Wildman–Crippen MR) is 173 cm³/mol. The van der Waals surface area contributed by atoms with Gasteiger partial charge in [-0.3, -0.25) is 9.88 Å². The Kier molecular flexibility index (Phi) is 10.3. The monoisotopic (exact) mass is 692 g/mol. The first-order valence-electron chi connectivity index (χ1n) is 17.0. The van der Waals surface area contributed by atoms with Gasteiger partial charge in [-0.15, -0.1) is 10.2 Å². The van der Waals surface area contributed by atoms with Crippen molar-refractivity contribution < 1.29 is 36.9 Å². The van der Waals surface area contributed by atoms with Crippen molar-refractivity contribution in [3.63, 3.8) is 0 Å². The zero-order valence-corrected chi connectivity index (χ0v) is 28.8. The zero-order chi connectivity index (χ0) is 35.0. The number of esters is 1. The molecular weight excluding hydrogens is 645 g/mol. The molecule has 0 bridgehead atoms. The molecule has 0 amide bonds. The molecule has 0 aromatic carbocycles. The minimum absolute atomic E-state index is 0.0124. The molecule has 2 aromatic rings. The summed E-state index contributed by atoms with van der Waals surface area (Å²) in [7, 11) is 0. The number of ether oxygens (including phenoxy) is 4. The van der Waals surface area contributed by atoms with E-state index in [4.69, 9.17) is 18.9 Å². The fourth-order valence-corrected chi connectivity index (χ4v) is 6.93. The van der Waals surface area contributed by atoms with E-state index in [0.29, 0.717) is 18.7 Å². The second kappa shape index (κ2) is 14.2. The quantitative estimate of drug-likeness (QED) is 0.406. The number of fused-ring (bicyclic) bond motifs is 1. The molecule has 4 aliphatic heterocycles. The molecule has 270 valence electrons. The number of halogens is 3. The summed E-state index contributed by atoms with van der Waals surface area (Å²) in [4.78, 5) is 26.8. The second-order valence-corrected chi connectivity index (χ2v) is 14.8. The maximum Gasteiger partial charge on any atom is 0.434 e. The molecule has 0 spiro atoms. The highest BCUT2D eigenvalue weighted by atomic mass is 19.4. The van der Waals surface area contributed by atoms with Gasteiger partial charge in [-0.2, -0.15) is 13.2 Å². The van der Waals surface area contributed by atoms with Gasteiger partial charge in [0.2, 0.25) is 0 Å². The van der Waals surface area contributed by atoms with Crippen LogP contribution in [0.3, 0.4) is 0 Å². The highest BCUT2D eigenvalue weighted by molar-refractivity contribution is 5.87. The third kappa shape index (κ3) is 9.14. The Bertz CT molecular complexity index is 1430. The molecule has 49 heavy (non-hydrogen) atoms. The van der Waals surface area contributed by atoms with E-state index in [0.717, 1.165) is 64.5 Å². The van der Waals surface area contributed by atoms with Crippen LogP contribution in [0, 0.1) is 5.92 Å². The molecule has 16 heteroatoms. The molecule has 4 fully saturated rings. The number of alkyl halides is 3. The molecule has 0 unspecified atom stereocenters. The van der Waals surface area contributed by atoms with Gasteiger partial charge in [0.1, 0.15) is 23.6 Å². The number of anilines is 2. The SMILES string of the molecule is CC(C)(C)OC(=O)c1ccc(N2CCC(CN3CCN(C[C@H]4OC[C@H](Nc5cncc(C(F)(F)F)n5)[C@H]5OC(C)(C)O[C@H]54)CC3)CC2)nn1. The first-order valence-corrected chi connectivity index (χ1v) is 17.0. The van der Waals surface area contributed by atoms with Crippen LogP contribution in [-0.4, -0.2) is 131 Å². The number of nitrogens with zero attached hydrogens (tertiary/aromatic N) is 7. The molecule has 6 heterocycles. The van der Waals surface area contributed by atoms with Crippen molar-refractivity contribution in [1.82, 2.24) is 30.0 Å². The van der Waals surface area contributed by atoms with Crippen LogP contribution in [0.1, 0.15) is 63.6 Å². The van der Waals surface area contributed by atoms with Crippen LogP contribution in [0.2, 0.25) is 0 Å². The summed E-state index contributed by atoms with van der Waals surface area (Å²) < 4.78 is 63.7. The van der Waals surface area contributed by atoms with Gasteiger partial charge in [-0.1, -0.05) is 0 Å². The minimum atomic E-state index is -4.59. The van der Waals surface area contributed by atoms with Gasteiger partial charge in [-0.25, -0.2) is 9.78 Å². The molecule has 2 aromatic heterocycles. The van der Waals surface area contributed by atoms with Gasteiger partial charge in [0, 0.05) is 52.4 Å². The van der Waals surface area contributed by atoms with E-state index >= 15 is 0 Å². The van der Waals surface area contributed by atoms with Crippen molar-refractivity contribution in [2.45, 2.75) is 89.4 Å². The van der Waals surface area contributed by atoms with Gasteiger partial charge in [0.15, 0.2) is 23.0 Å².